The summed E-state index contributed by atoms with van der Waals surface area (Å²) < 4.78 is 0. The Morgan fingerprint density at radius 2 is 2.00 bits per heavy atom. The van der Waals surface area contributed by atoms with E-state index in [9.17, 15) is 5.11 Å². The molecule has 0 spiro atoms. The molecule has 0 heterocycles. The minimum Gasteiger partial charge on any atom is -0.393 e. The van der Waals surface area contributed by atoms with Gasteiger partial charge in [0.2, 0.25) is 0 Å². The highest BCUT2D eigenvalue weighted by atomic mass is 127. The Morgan fingerprint density at radius 3 is 2.50 bits per heavy atom. The summed E-state index contributed by atoms with van der Waals surface area (Å²) in [6, 6.07) is 0.142. The van der Waals surface area contributed by atoms with E-state index in [1.54, 1.807) is 0 Å². The molecule has 1 fully saturated rings. The molecular weight excluding hydrogens is 269 g/mol. The van der Waals surface area contributed by atoms with E-state index in [0.29, 0.717) is 6.42 Å². The van der Waals surface area contributed by atoms with E-state index in [4.69, 9.17) is 11.5 Å². The zero-order chi connectivity index (χ0) is 8.27. The fourth-order valence-corrected chi connectivity index (χ4v) is 1.47. The van der Waals surface area contributed by atoms with Crippen LogP contribution in [0.3, 0.4) is 0 Å². The molecule has 1 saturated carbocycles. The lowest BCUT2D eigenvalue weighted by molar-refractivity contribution is 0.121. The lowest BCUT2D eigenvalue weighted by Gasteiger charge is -2.22. The van der Waals surface area contributed by atoms with Gasteiger partial charge in [-0.25, -0.2) is 0 Å². The molecule has 12 heavy (non-hydrogen) atoms. The number of aliphatic hydroxyl groups is 1. The normalized spacial score (nSPS) is 28.8. The van der Waals surface area contributed by atoms with Crippen molar-refractivity contribution in [1.29, 1.82) is 0 Å². The fraction of sp³-hybridized carbons (Fsp3) is 0.857. The molecule has 0 saturated heterocycles. The molecule has 0 aliphatic heterocycles. The molecule has 0 aromatic carbocycles. The van der Waals surface area contributed by atoms with Crippen LogP contribution >= 0.6 is 24.0 Å². The quantitative estimate of drug-likeness (QED) is 0.365. The topological polar surface area (TPSA) is 84.6 Å². The zero-order valence-electron chi connectivity index (χ0n) is 6.94. The summed E-state index contributed by atoms with van der Waals surface area (Å²) >= 11 is 0. The number of nitrogens with zero attached hydrogens (tertiary/aromatic N) is 1. The molecule has 5 heteroatoms. The predicted octanol–water partition coefficient (Wildman–Crippen LogP) is 0.181. The molecule has 4 nitrogen and oxygen atoms in total. The maximum Gasteiger partial charge on any atom is 0.186 e. The molecule has 1 rings (SSSR count). The highest BCUT2D eigenvalue weighted by Gasteiger charge is 2.18. The van der Waals surface area contributed by atoms with Crippen molar-refractivity contribution in [2.24, 2.45) is 16.5 Å². The molecule has 2 atom stereocenters. The van der Waals surface area contributed by atoms with E-state index in [1.165, 1.54) is 0 Å². The molecule has 0 bridgehead atoms. The van der Waals surface area contributed by atoms with E-state index >= 15 is 0 Å². The third kappa shape index (κ3) is 4.10. The monoisotopic (exact) mass is 285 g/mol. The number of guanidine groups is 1. The van der Waals surface area contributed by atoms with Crippen molar-refractivity contribution in [3.8, 4) is 0 Å². The summed E-state index contributed by atoms with van der Waals surface area (Å²) in [4.78, 5) is 4.00. The Kier molecular flexibility index (Phi) is 5.56. The number of halogens is 1. The minimum absolute atomic E-state index is 0. The Bertz CT molecular complexity index is 159. The van der Waals surface area contributed by atoms with Crippen LogP contribution in [0.5, 0.6) is 0 Å². The number of hydrogen-bond acceptors (Lipinski definition) is 2. The van der Waals surface area contributed by atoms with Gasteiger partial charge in [-0.15, -0.1) is 24.0 Å². The predicted molar refractivity (Wildman–Crippen MR) is 59.5 cm³/mol. The van der Waals surface area contributed by atoms with Crippen molar-refractivity contribution in [2.45, 2.75) is 37.8 Å². The lowest BCUT2D eigenvalue weighted by Crippen LogP contribution is -2.29. The molecular formula is C7H16IN3O. The zero-order valence-corrected chi connectivity index (χ0v) is 9.27. The van der Waals surface area contributed by atoms with Crippen LogP contribution < -0.4 is 11.5 Å². The van der Waals surface area contributed by atoms with Crippen LogP contribution in [0.4, 0.5) is 0 Å². The molecule has 1 aliphatic carbocycles. The van der Waals surface area contributed by atoms with Crippen LogP contribution in [-0.2, 0) is 0 Å². The molecule has 1 aliphatic rings. The molecule has 5 N–H and O–H groups in total. The first-order chi connectivity index (χ1) is 5.18. The minimum atomic E-state index is -0.211. The van der Waals surface area contributed by atoms with Crippen LogP contribution in [-0.4, -0.2) is 23.2 Å². The highest BCUT2D eigenvalue weighted by molar-refractivity contribution is 14.0. The van der Waals surface area contributed by atoms with Gasteiger partial charge in [-0.05, 0) is 25.7 Å². The Hall–Kier alpha value is -0.0400. The van der Waals surface area contributed by atoms with Gasteiger partial charge in [-0.3, -0.25) is 4.99 Å². The smallest absolute Gasteiger partial charge is 0.186 e. The van der Waals surface area contributed by atoms with Gasteiger partial charge < -0.3 is 16.6 Å². The van der Waals surface area contributed by atoms with E-state index in [1.807, 2.05) is 0 Å². The van der Waals surface area contributed by atoms with Gasteiger partial charge in [0.1, 0.15) is 0 Å². The van der Waals surface area contributed by atoms with Crippen LogP contribution in [0.1, 0.15) is 25.7 Å². The van der Waals surface area contributed by atoms with E-state index in [0.717, 1.165) is 19.3 Å². The highest BCUT2D eigenvalue weighted by Crippen LogP contribution is 2.20. The standard InChI is InChI=1S/C7H15N3O.HI/c8-7(9)10-5-2-1-3-6(11)4-5;/h5-6,11H,1-4H2,(H4,8,9,10);1H. The second-order valence-corrected chi connectivity index (χ2v) is 3.03. The van der Waals surface area contributed by atoms with Gasteiger partial charge in [-0.2, -0.15) is 0 Å². The van der Waals surface area contributed by atoms with Crippen molar-refractivity contribution in [2.75, 3.05) is 0 Å². The molecule has 2 unspecified atom stereocenters. The van der Waals surface area contributed by atoms with Crippen molar-refractivity contribution < 1.29 is 5.11 Å². The van der Waals surface area contributed by atoms with Gasteiger partial charge in [0, 0.05) is 0 Å². The van der Waals surface area contributed by atoms with E-state index in [2.05, 4.69) is 4.99 Å². The average molecular weight is 285 g/mol. The second kappa shape index (κ2) is 5.58. The van der Waals surface area contributed by atoms with Gasteiger partial charge in [0.05, 0.1) is 12.1 Å². The maximum atomic E-state index is 9.24. The summed E-state index contributed by atoms with van der Waals surface area (Å²) in [6.45, 7) is 0. The summed E-state index contributed by atoms with van der Waals surface area (Å²) in [5.41, 5.74) is 10.4. The summed E-state index contributed by atoms with van der Waals surface area (Å²) in [5, 5.41) is 9.24. The van der Waals surface area contributed by atoms with Crippen LogP contribution in [0.15, 0.2) is 4.99 Å². The van der Waals surface area contributed by atoms with E-state index < -0.39 is 0 Å². The van der Waals surface area contributed by atoms with Crippen LogP contribution in [0.2, 0.25) is 0 Å². The fourth-order valence-electron chi connectivity index (χ4n) is 1.47. The molecule has 0 aromatic rings. The second-order valence-electron chi connectivity index (χ2n) is 3.03. The summed E-state index contributed by atoms with van der Waals surface area (Å²) in [5.74, 6) is 0.129. The SMILES string of the molecule is I.NC(N)=NC1CCCC(O)C1. The molecule has 72 valence electrons. The van der Waals surface area contributed by atoms with Crippen molar-refractivity contribution >= 4 is 29.9 Å². The summed E-state index contributed by atoms with van der Waals surface area (Å²) in [7, 11) is 0. The largest absolute Gasteiger partial charge is 0.393 e. The Balaban J connectivity index is 0.00000121. The number of hydrogen-bond donors (Lipinski definition) is 3. The molecule has 0 amide bonds. The van der Waals surface area contributed by atoms with Crippen LogP contribution in [0.25, 0.3) is 0 Å². The number of aliphatic imine (C=N–C) groups is 1. The lowest BCUT2D eigenvalue weighted by atomic mass is 9.93. The number of rotatable bonds is 1. The van der Waals surface area contributed by atoms with Gasteiger partial charge in [0.25, 0.3) is 0 Å². The number of nitrogens with two attached hydrogens (primary N) is 2. The Morgan fingerprint density at radius 1 is 1.33 bits per heavy atom. The summed E-state index contributed by atoms with van der Waals surface area (Å²) in [6.07, 6.45) is 3.39. The van der Waals surface area contributed by atoms with Gasteiger partial charge in [-0.1, -0.05) is 0 Å². The maximum absolute atomic E-state index is 9.24. The molecule has 0 aromatic heterocycles. The van der Waals surface area contributed by atoms with Gasteiger partial charge >= 0.3 is 0 Å². The first-order valence-electron chi connectivity index (χ1n) is 3.95. The van der Waals surface area contributed by atoms with Crippen molar-refractivity contribution in [3.63, 3.8) is 0 Å². The average Bonchev–Trinajstić information content (AvgIpc) is 1.85. The van der Waals surface area contributed by atoms with Crippen molar-refractivity contribution in [3.05, 3.63) is 0 Å². The number of aliphatic hydroxyl groups excluding tert-OH is 1. The Labute approximate surface area is 89.4 Å². The van der Waals surface area contributed by atoms with Crippen LogP contribution in [0, 0.1) is 0 Å². The first-order valence-corrected chi connectivity index (χ1v) is 3.95. The third-order valence-corrected chi connectivity index (χ3v) is 1.95. The molecule has 0 radical (unpaired) electrons. The third-order valence-electron chi connectivity index (χ3n) is 1.95. The van der Waals surface area contributed by atoms with Crippen molar-refractivity contribution in [1.82, 2.24) is 0 Å². The first kappa shape index (κ1) is 12.0. The van der Waals surface area contributed by atoms with E-state index in [-0.39, 0.29) is 42.1 Å². The van der Waals surface area contributed by atoms with Gasteiger partial charge in [0.15, 0.2) is 5.96 Å².